The van der Waals surface area contributed by atoms with Gasteiger partial charge in [0.25, 0.3) is 0 Å². The lowest BCUT2D eigenvalue weighted by Gasteiger charge is -2.42. The van der Waals surface area contributed by atoms with Crippen LogP contribution in [0.4, 0.5) is 10.5 Å². The summed E-state index contributed by atoms with van der Waals surface area (Å²) in [6.07, 6.45) is 4.98. The van der Waals surface area contributed by atoms with Crippen molar-refractivity contribution in [1.82, 2.24) is 5.32 Å². The molecule has 0 aromatic heterocycles. The van der Waals surface area contributed by atoms with E-state index < -0.39 is 6.09 Å². The summed E-state index contributed by atoms with van der Waals surface area (Å²) >= 11 is 0. The van der Waals surface area contributed by atoms with E-state index in [9.17, 15) is 9.90 Å². The van der Waals surface area contributed by atoms with Crippen LogP contribution in [-0.2, 0) is 0 Å². The van der Waals surface area contributed by atoms with Crippen molar-refractivity contribution in [3.63, 3.8) is 0 Å². The van der Waals surface area contributed by atoms with Crippen LogP contribution in [0.25, 0.3) is 0 Å². The average molecular weight is 272 g/mol. The molecule has 1 aromatic rings. The van der Waals surface area contributed by atoms with Crippen LogP contribution in [0.15, 0.2) is 24.3 Å². The molecule has 20 heavy (non-hydrogen) atoms. The maximum Gasteiger partial charge on any atom is 0.412 e. The first-order chi connectivity index (χ1) is 9.75. The normalized spacial score (nSPS) is 31.8. The molecule has 0 saturated heterocycles. The van der Waals surface area contributed by atoms with E-state index in [1.165, 1.54) is 18.4 Å². The molecule has 0 radical (unpaired) electrons. The highest BCUT2D eigenvalue weighted by Gasteiger charge is 2.46. The highest BCUT2D eigenvalue weighted by atomic mass is 16.4. The number of benzene rings is 1. The molecule has 4 rings (SSSR count). The summed E-state index contributed by atoms with van der Waals surface area (Å²) in [5.41, 5.74) is 2.06. The number of rotatable bonds is 2. The molecule has 1 aliphatic heterocycles. The van der Waals surface area contributed by atoms with Crippen LogP contribution >= 0.6 is 0 Å². The van der Waals surface area contributed by atoms with E-state index in [0.29, 0.717) is 18.0 Å². The van der Waals surface area contributed by atoms with E-state index in [1.807, 2.05) is 18.2 Å². The highest BCUT2D eigenvalue weighted by Crippen LogP contribution is 2.48. The van der Waals surface area contributed by atoms with Gasteiger partial charge in [0.05, 0.1) is 5.69 Å². The molecule has 3 atom stereocenters. The van der Waals surface area contributed by atoms with Gasteiger partial charge >= 0.3 is 6.09 Å². The molecule has 1 amide bonds. The van der Waals surface area contributed by atoms with Crippen molar-refractivity contribution < 1.29 is 9.90 Å². The van der Waals surface area contributed by atoms with E-state index in [4.69, 9.17) is 0 Å². The van der Waals surface area contributed by atoms with Crippen LogP contribution < -0.4 is 10.2 Å². The van der Waals surface area contributed by atoms with Crippen molar-refractivity contribution in [1.29, 1.82) is 0 Å². The average Bonchev–Trinajstić information content (AvgIpc) is 3.13. The Labute approximate surface area is 118 Å². The van der Waals surface area contributed by atoms with Crippen molar-refractivity contribution in [3.8, 4) is 0 Å². The molecule has 1 aromatic carbocycles. The molecule has 2 N–H and O–H groups in total. The Hall–Kier alpha value is -1.55. The van der Waals surface area contributed by atoms with E-state index in [2.05, 4.69) is 11.4 Å². The van der Waals surface area contributed by atoms with Gasteiger partial charge in [0, 0.05) is 18.1 Å². The zero-order valence-electron chi connectivity index (χ0n) is 11.5. The van der Waals surface area contributed by atoms with Crippen LogP contribution in [-0.4, -0.2) is 23.3 Å². The Balaban J connectivity index is 1.79. The molecule has 0 spiro atoms. The Morgan fingerprint density at radius 3 is 2.75 bits per heavy atom. The molecule has 1 heterocycles. The van der Waals surface area contributed by atoms with Crippen molar-refractivity contribution in [2.75, 3.05) is 4.90 Å². The molecule has 106 valence electrons. The molecular weight excluding hydrogens is 252 g/mol. The number of nitrogens with one attached hydrogen (secondary N) is 1. The van der Waals surface area contributed by atoms with Crippen LogP contribution in [0.2, 0.25) is 0 Å². The van der Waals surface area contributed by atoms with Gasteiger partial charge in [-0.15, -0.1) is 0 Å². The second kappa shape index (κ2) is 4.48. The van der Waals surface area contributed by atoms with Gasteiger partial charge in [-0.2, -0.15) is 0 Å². The van der Waals surface area contributed by atoms with E-state index in [-0.39, 0.29) is 6.04 Å². The van der Waals surface area contributed by atoms with Gasteiger partial charge in [0.2, 0.25) is 0 Å². The van der Waals surface area contributed by atoms with Gasteiger partial charge in [-0.3, -0.25) is 4.90 Å². The summed E-state index contributed by atoms with van der Waals surface area (Å²) < 4.78 is 0. The zero-order valence-corrected chi connectivity index (χ0v) is 11.5. The molecule has 2 aliphatic carbocycles. The SMILES string of the molecule is O=C(O)N1c2ccccc2C(NC2CC2)[C@H]2CCC[C@H]21. The smallest absolute Gasteiger partial charge is 0.412 e. The molecular formula is C16H20N2O2. The number of nitrogens with zero attached hydrogens (tertiary/aromatic N) is 1. The lowest BCUT2D eigenvalue weighted by Crippen LogP contribution is -2.50. The first-order valence-electron chi connectivity index (χ1n) is 7.63. The third kappa shape index (κ3) is 1.82. The minimum Gasteiger partial charge on any atom is -0.465 e. The quantitative estimate of drug-likeness (QED) is 0.869. The first kappa shape index (κ1) is 12.2. The van der Waals surface area contributed by atoms with Crippen LogP contribution in [0.3, 0.4) is 0 Å². The Morgan fingerprint density at radius 2 is 2.00 bits per heavy atom. The number of hydrogen-bond donors (Lipinski definition) is 2. The standard InChI is InChI=1S/C16H20N2O2/c19-16(20)18-13-6-2-1-4-11(13)15(17-10-8-9-10)12-5-3-7-14(12)18/h1-2,4,6,10,12,14-15,17H,3,5,7-9H2,(H,19,20)/t12-,14+,15?/m0/s1. The van der Waals surface area contributed by atoms with Gasteiger partial charge in [0.1, 0.15) is 0 Å². The molecule has 4 heteroatoms. The number of para-hydroxylation sites is 1. The van der Waals surface area contributed by atoms with Gasteiger partial charge in [-0.05, 0) is 43.2 Å². The molecule has 1 unspecified atom stereocenters. The molecule has 0 bridgehead atoms. The first-order valence-corrected chi connectivity index (χ1v) is 7.63. The maximum atomic E-state index is 11.7. The molecule has 2 saturated carbocycles. The Kier molecular flexibility index (Phi) is 2.74. The van der Waals surface area contributed by atoms with E-state index >= 15 is 0 Å². The second-order valence-corrected chi connectivity index (χ2v) is 6.29. The van der Waals surface area contributed by atoms with Crippen molar-refractivity contribution in [3.05, 3.63) is 29.8 Å². The lowest BCUT2D eigenvalue weighted by atomic mass is 9.83. The predicted octanol–water partition coefficient (Wildman–Crippen LogP) is 3.15. The number of fused-ring (bicyclic) bond motifs is 2. The summed E-state index contributed by atoms with van der Waals surface area (Å²) in [6.45, 7) is 0. The fourth-order valence-corrected chi connectivity index (χ4v) is 4.02. The van der Waals surface area contributed by atoms with Crippen LogP contribution in [0, 0.1) is 5.92 Å². The van der Waals surface area contributed by atoms with E-state index in [1.54, 1.807) is 4.90 Å². The van der Waals surface area contributed by atoms with Crippen molar-refractivity contribution in [2.45, 2.75) is 50.2 Å². The highest BCUT2D eigenvalue weighted by molar-refractivity contribution is 5.89. The molecule has 2 fully saturated rings. The van der Waals surface area contributed by atoms with Gasteiger partial charge in [-0.1, -0.05) is 24.6 Å². The summed E-state index contributed by atoms with van der Waals surface area (Å²) in [6, 6.07) is 9.15. The number of hydrogen-bond acceptors (Lipinski definition) is 2. The lowest BCUT2D eigenvalue weighted by molar-refractivity contribution is 0.192. The summed E-state index contributed by atoms with van der Waals surface area (Å²) in [5, 5.41) is 13.4. The van der Waals surface area contributed by atoms with Gasteiger partial charge < -0.3 is 10.4 Å². The van der Waals surface area contributed by atoms with Crippen LogP contribution in [0.1, 0.15) is 43.7 Å². The van der Waals surface area contributed by atoms with E-state index in [0.717, 1.165) is 24.9 Å². The monoisotopic (exact) mass is 272 g/mol. The third-order valence-corrected chi connectivity index (χ3v) is 5.02. The summed E-state index contributed by atoms with van der Waals surface area (Å²) in [7, 11) is 0. The predicted molar refractivity (Wildman–Crippen MR) is 77.0 cm³/mol. The fraction of sp³-hybridized carbons (Fsp3) is 0.562. The Morgan fingerprint density at radius 1 is 1.20 bits per heavy atom. The summed E-state index contributed by atoms with van der Waals surface area (Å²) in [4.78, 5) is 13.3. The Bertz CT molecular complexity index is 541. The molecule has 3 aliphatic rings. The van der Waals surface area contributed by atoms with Gasteiger partial charge in [-0.25, -0.2) is 4.79 Å². The zero-order chi connectivity index (χ0) is 13.7. The number of carboxylic acid groups (broad SMARTS) is 1. The number of anilines is 1. The third-order valence-electron chi connectivity index (χ3n) is 5.02. The largest absolute Gasteiger partial charge is 0.465 e. The summed E-state index contributed by atoms with van der Waals surface area (Å²) in [5.74, 6) is 0.432. The maximum absolute atomic E-state index is 11.7. The second-order valence-electron chi connectivity index (χ2n) is 6.29. The topological polar surface area (TPSA) is 52.6 Å². The minimum absolute atomic E-state index is 0.152. The number of carbonyl (C=O) groups is 1. The molecule has 4 nitrogen and oxygen atoms in total. The van der Waals surface area contributed by atoms with Crippen LogP contribution in [0.5, 0.6) is 0 Å². The van der Waals surface area contributed by atoms with Crippen molar-refractivity contribution in [2.24, 2.45) is 5.92 Å². The van der Waals surface area contributed by atoms with Gasteiger partial charge in [0.15, 0.2) is 0 Å². The fourth-order valence-electron chi connectivity index (χ4n) is 4.02. The number of amides is 1. The minimum atomic E-state index is -0.806. The van der Waals surface area contributed by atoms with Crippen molar-refractivity contribution >= 4 is 11.8 Å².